The van der Waals surface area contributed by atoms with E-state index in [9.17, 15) is 4.79 Å². The van der Waals surface area contributed by atoms with Crippen molar-refractivity contribution in [2.75, 3.05) is 5.32 Å². The molecule has 3 aromatic heterocycles. The first-order valence-electron chi connectivity index (χ1n) is 7.48. The van der Waals surface area contributed by atoms with Crippen LogP contribution in [-0.4, -0.2) is 21.0 Å². The lowest BCUT2D eigenvalue weighted by molar-refractivity contribution is 0.101. The van der Waals surface area contributed by atoms with Crippen LogP contribution in [-0.2, 0) is 0 Å². The normalized spacial score (nSPS) is 10.6. The molecule has 122 valence electrons. The molecule has 4 aromatic rings. The lowest BCUT2D eigenvalue weighted by Crippen LogP contribution is -2.11. The molecule has 0 radical (unpaired) electrons. The van der Waals surface area contributed by atoms with Gasteiger partial charge in [0.2, 0.25) is 0 Å². The van der Waals surface area contributed by atoms with Crippen molar-refractivity contribution in [1.82, 2.24) is 15.1 Å². The van der Waals surface area contributed by atoms with Gasteiger partial charge < -0.3 is 9.84 Å². The van der Waals surface area contributed by atoms with E-state index < -0.39 is 0 Å². The number of pyridine rings is 1. The van der Waals surface area contributed by atoms with E-state index in [0.29, 0.717) is 11.4 Å². The Hall–Kier alpha value is -3.32. The van der Waals surface area contributed by atoms with E-state index in [1.165, 1.54) is 0 Å². The zero-order valence-corrected chi connectivity index (χ0v) is 13.7. The number of hydrogen-bond acceptors (Lipinski definition) is 6. The smallest absolute Gasteiger partial charge is 0.277 e. The number of amides is 1. The summed E-state index contributed by atoms with van der Waals surface area (Å²) in [5.74, 6) is 0.165. The number of hydrogen-bond donors (Lipinski definition) is 1. The van der Waals surface area contributed by atoms with Crippen molar-refractivity contribution < 1.29 is 9.32 Å². The highest BCUT2D eigenvalue weighted by Gasteiger charge is 2.14. The lowest BCUT2D eigenvalue weighted by Gasteiger charge is -2.03. The van der Waals surface area contributed by atoms with E-state index in [2.05, 4.69) is 20.4 Å². The molecule has 7 heteroatoms. The van der Waals surface area contributed by atoms with E-state index in [1.54, 1.807) is 42.1 Å². The topological polar surface area (TPSA) is 80.9 Å². The van der Waals surface area contributed by atoms with Gasteiger partial charge >= 0.3 is 0 Å². The third-order valence-corrected chi connectivity index (χ3v) is 4.33. The lowest BCUT2D eigenvalue weighted by atomic mass is 10.2. The highest BCUT2D eigenvalue weighted by atomic mass is 32.1. The Morgan fingerprint density at radius 2 is 1.96 bits per heavy atom. The molecule has 0 aliphatic carbocycles. The summed E-state index contributed by atoms with van der Waals surface area (Å²) < 4.78 is 5.22. The maximum absolute atomic E-state index is 12.3. The van der Waals surface area contributed by atoms with Crippen molar-refractivity contribution in [3.63, 3.8) is 0 Å². The van der Waals surface area contributed by atoms with Gasteiger partial charge in [0.25, 0.3) is 5.91 Å². The summed E-state index contributed by atoms with van der Waals surface area (Å²) in [6.45, 7) is 0. The van der Waals surface area contributed by atoms with Crippen molar-refractivity contribution >= 4 is 22.9 Å². The number of anilines is 1. The van der Waals surface area contributed by atoms with Gasteiger partial charge in [0, 0.05) is 46.9 Å². The molecule has 0 bridgehead atoms. The van der Waals surface area contributed by atoms with E-state index in [0.717, 1.165) is 16.1 Å². The minimum Gasteiger partial charge on any atom is -0.355 e. The fourth-order valence-corrected chi connectivity index (χ4v) is 2.93. The van der Waals surface area contributed by atoms with Gasteiger partial charge in [0.05, 0.1) is 0 Å². The maximum atomic E-state index is 12.3. The van der Waals surface area contributed by atoms with E-state index in [4.69, 9.17) is 4.52 Å². The van der Waals surface area contributed by atoms with Crippen LogP contribution in [0.4, 0.5) is 5.69 Å². The number of rotatable bonds is 4. The number of aromatic nitrogens is 3. The van der Waals surface area contributed by atoms with Gasteiger partial charge in [-0.1, -0.05) is 5.16 Å². The summed E-state index contributed by atoms with van der Waals surface area (Å²) in [7, 11) is 0. The van der Waals surface area contributed by atoms with Gasteiger partial charge in [-0.3, -0.25) is 9.78 Å². The van der Waals surface area contributed by atoms with Crippen LogP contribution in [0.1, 0.15) is 10.5 Å². The van der Waals surface area contributed by atoms with Gasteiger partial charge in [-0.2, -0.15) is 0 Å². The minimum absolute atomic E-state index is 0.211. The van der Waals surface area contributed by atoms with Crippen molar-refractivity contribution in [2.24, 2.45) is 0 Å². The van der Waals surface area contributed by atoms with Gasteiger partial charge in [-0.25, -0.2) is 4.98 Å². The summed E-state index contributed by atoms with van der Waals surface area (Å²) >= 11 is 1.57. The molecule has 1 N–H and O–H groups in total. The largest absolute Gasteiger partial charge is 0.355 e. The Bertz CT molecular complexity index is 980. The third-order valence-electron chi connectivity index (χ3n) is 3.51. The molecular weight excluding hydrogens is 336 g/mol. The van der Waals surface area contributed by atoms with Gasteiger partial charge in [0.15, 0.2) is 11.5 Å². The van der Waals surface area contributed by atoms with E-state index in [-0.39, 0.29) is 11.6 Å². The number of carbonyl (C=O) groups excluding carboxylic acids is 1. The van der Waals surface area contributed by atoms with Crippen LogP contribution in [0.5, 0.6) is 0 Å². The third kappa shape index (κ3) is 3.31. The molecule has 0 saturated heterocycles. The standard InChI is InChI=1S/C18H12N4O2S/c23-17(15-10-16(24-22-15)13-2-1-7-19-11-13)21-14-5-3-12(4-6-14)18-20-8-9-25-18/h1-11H,(H,21,23). The van der Waals surface area contributed by atoms with E-state index in [1.807, 2.05) is 35.7 Å². The molecule has 4 rings (SSSR count). The molecule has 3 heterocycles. The second-order valence-electron chi connectivity index (χ2n) is 5.19. The quantitative estimate of drug-likeness (QED) is 0.600. The van der Waals surface area contributed by atoms with Crippen LogP contribution in [0.2, 0.25) is 0 Å². The van der Waals surface area contributed by atoms with E-state index >= 15 is 0 Å². The SMILES string of the molecule is O=C(Nc1ccc(-c2nccs2)cc1)c1cc(-c2cccnc2)on1. The number of nitrogens with zero attached hydrogens (tertiary/aromatic N) is 3. The second kappa shape index (κ2) is 6.66. The highest BCUT2D eigenvalue weighted by molar-refractivity contribution is 7.13. The molecule has 0 spiro atoms. The second-order valence-corrected chi connectivity index (χ2v) is 6.08. The Balaban J connectivity index is 1.48. The molecule has 0 saturated carbocycles. The van der Waals surface area contributed by atoms with Crippen molar-refractivity contribution in [3.8, 4) is 21.9 Å². The number of nitrogens with one attached hydrogen (secondary N) is 1. The molecule has 0 atom stereocenters. The fraction of sp³-hybridized carbons (Fsp3) is 0. The fourth-order valence-electron chi connectivity index (χ4n) is 2.28. The number of thiazole rings is 1. The van der Waals surface area contributed by atoms with Crippen molar-refractivity contribution in [2.45, 2.75) is 0 Å². The van der Waals surface area contributed by atoms with Crippen LogP contribution in [0.15, 0.2) is 71.0 Å². The first kappa shape index (κ1) is 15.2. The summed E-state index contributed by atoms with van der Waals surface area (Å²) in [6, 6.07) is 12.7. The Morgan fingerprint density at radius 1 is 1.08 bits per heavy atom. The van der Waals surface area contributed by atoms with Crippen LogP contribution in [0.3, 0.4) is 0 Å². The molecule has 25 heavy (non-hydrogen) atoms. The van der Waals surface area contributed by atoms with Crippen LogP contribution in [0, 0.1) is 0 Å². The van der Waals surface area contributed by atoms with Crippen LogP contribution in [0.25, 0.3) is 21.9 Å². The molecule has 0 aliphatic rings. The first-order chi connectivity index (χ1) is 12.3. The Kier molecular flexibility index (Phi) is 4.05. The minimum atomic E-state index is -0.333. The molecule has 6 nitrogen and oxygen atoms in total. The highest BCUT2D eigenvalue weighted by Crippen LogP contribution is 2.24. The van der Waals surface area contributed by atoms with Crippen LogP contribution >= 0.6 is 11.3 Å². The van der Waals surface area contributed by atoms with Gasteiger partial charge in [-0.05, 0) is 36.4 Å². The molecule has 0 aliphatic heterocycles. The van der Waals surface area contributed by atoms with Crippen LogP contribution < -0.4 is 5.32 Å². The summed E-state index contributed by atoms with van der Waals surface area (Å²) in [5.41, 5.74) is 2.66. The first-order valence-corrected chi connectivity index (χ1v) is 8.36. The number of benzene rings is 1. The predicted molar refractivity (Wildman–Crippen MR) is 95.2 cm³/mol. The zero-order chi connectivity index (χ0) is 17.1. The summed E-state index contributed by atoms with van der Waals surface area (Å²) in [5, 5.41) is 9.49. The van der Waals surface area contributed by atoms with Crippen molar-refractivity contribution in [3.05, 3.63) is 72.1 Å². The molecule has 1 amide bonds. The Morgan fingerprint density at radius 3 is 2.68 bits per heavy atom. The maximum Gasteiger partial charge on any atom is 0.277 e. The zero-order valence-electron chi connectivity index (χ0n) is 12.9. The summed E-state index contributed by atoms with van der Waals surface area (Å²) in [6.07, 6.45) is 5.09. The monoisotopic (exact) mass is 348 g/mol. The van der Waals surface area contributed by atoms with Crippen molar-refractivity contribution in [1.29, 1.82) is 0 Å². The van der Waals surface area contributed by atoms with Gasteiger partial charge in [-0.15, -0.1) is 11.3 Å². The number of carbonyl (C=O) groups is 1. The molecule has 0 fully saturated rings. The average molecular weight is 348 g/mol. The Labute approximate surface area is 147 Å². The average Bonchev–Trinajstić information content (AvgIpc) is 3.35. The molecule has 1 aromatic carbocycles. The van der Waals surface area contributed by atoms with Gasteiger partial charge in [0.1, 0.15) is 5.01 Å². The predicted octanol–water partition coefficient (Wildman–Crippen LogP) is 4.11. The molecule has 0 unspecified atom stereocenters. The summed E-state index contributed by atoms with van der Waals surface area (Å²) in [4.78, 5) is 20.6. The molecular formula is C18H12N4O2S.